The lowest BCUT2D eigenvalue weighted by molar-refractivity contribution is -0.128. The Hall–Kier alpha value is -3.02. The van der Waals surface area contributed by atoms with Gasteiger partial charge in [-0.05, 0) is 24.3 Å². The SMILES string of the molecule is COc1ccc(N=NC2C(=O)N(C)N=C2c2ccccc2)cc1. The molecule has 0 bridgehead atoms. The monoisotopic (exact) mass is 308 g/mol. The van der Waals surface area contributed by atoms with Crippen molar-refractivity contribution in [3.05, 3.63) is 60.2 Å². The molecule has 0 saturated carbocycles. The number of benzene rings is 2. The Morgan fingerprint density at radius 3 is 2.43 bits per heavy atom. The van der Waals surface area contributed by atoms with E-state index >= 15 is 0 Å². The Morgan fingerprint density at radius 2 is 1.78 bits per heavy atom. The summed E-state index contributed by atoms with van der Waals surface area (Å²) in [6.45, 7) is 0. The molecule has 0 fully saturated rings. The summed E-state index contributed by atoms with van der Waals surface area (Å²) in [5, 5.41) is 14.0. The third-order valence-electron chi connectivity index (χ3n) is 3.50. The van der Waals surface area contributed by atoms with Crippen LogP contribution in [0.15, 0.2) is 69.9 Å². The minimum absolute atomic E-state index is 0.193. The molecule has 6 heteroatoms. The number of carbonyl (C=O) groups is 1. The van der Waals surface area contributed by atoms with Crippen LogP contribution in [-0.2, 0) is 4.79 Å². The number of azo groups is 1. The lowest BCUT2D eigenvalue weighted by Crippen LogP contribution is -2.28. The second-order valence-electron chi connectivity index (χ2n) is 5.03. The second kappa shape index (κ2) is 6.39. The van der Waals surface area contributed by atoms with E-state index < -0.39 is 6.04 Å². The van der Waals surface area contributed by atoms with Crippen LogP contribution in [0.2, 0.25) is 0 Å². The molecule has 23 heavy (non-hydrogen) atoms. The molecular weight excluding hydrogens is 292 g/mol. The van der Waals surface area contributed by atoms with Crippen molar-refractivity contribution in [2.24, 2.45) is 15.3 Å². The van der Waals surface area contributed by atoms with Gasteiger partial charge in [0.15, 0.2) is 6.04 Å². The Kier molecular flexibility index (Phi) is 4.14. The first-order valence-corrected chi connectivity index (χ1v) is 7.15. The van der Waals surface area contributed by atoms with E-state index in [0.717, 1.165) is 11.3 Å². The Bertz CT molecular complexity index is 754. The van der Waals surface area contributed by atoms with E-state index in [4.69, 9.17) is 4.74 Å². The fourth-order valence-corrected chi connectivity index (χ4v) is 2.26. The Balaban J connectivity index is 1.86. The maximum atomic E-state index is 12.2. The molecule has 1 aliphatic heterocycles. The van der Waals surface area contributed by atoms with Crippen molar-refractivity contribution in [2.45, 2.75) is 6.04 Å². The highest BCUT2D eigenvalue weighted by Gasteiger charge is 2.34. The first-order chi connectivity index (χ1) is 11.2. The van der Waals surface area contributed by atoms with Crippen molar-refractivity contribution >= 4 is 17.3 Å². The van der Waals surface area contributed by atoms with Crippen molar-refractivity contribution in [3.8, 4) is 5.75 Å². The number of amides is 1. The minimum atomic E-state index is -0.718. The first-order valence-electron chi connectivity index (χ1n) is 7.15. The Labute approximate surface area is 134 Å². The highest BCUT2D eigenvalue weighted by Crippen LogP contribution is 2.21. The number of hydrogen-bond acceptors (Lipinski definition) is 5. The average molecular weight is 308 g/mol. The third-order valence-corrected chi connectivity index (χ3v) is 3.50. The predicted molar refractivity (Wildman–Crippen MR) is 87.0 cm³/mol. The van der Waals surface area contributed by atoms with Crippen LogP contribution in [0.4, 0.5) is 5.69 Å². The summed E-state index contributed by atoms with van der Waals surface area (Å²) in [7, 11) is 3.22. The topological polar surface area (TPSA) is 66.6 Å². The van der Waals surface area contributed by atoms with Gasteiger partial charge in [0, 0.05) is 12.6 Å². The largest absolute Gasteiger partial charge is 0.497 e. The summed E-state index contributed by atoms with van der Waals surface area (Å²) >= 11 is 0. The number of hydrazone groups is 1. The third kappa shape index (κ3) is 3.11. The number of nitrogens with zero attached hydrogens (tertiary/aromatic N) is 4. The standard InChI is InChI=1S/C17H16N4O2/c1-21-17(22)16(15(20-21)12-6-4-3-5-7-12)19-18-13-8-10-14(23-2)11-9-13/h3-11,16H,1-2H3. The number of rotatable bonds is 4. The van der Waals surface area contributed by atoms with E-state index in [1.807, 2.05) is 30.3 Å². The van der Waals surface area contributed by atoms with Crippen LogP contribution in [0.3, 0.4) is 0 Å². The van der Waals surface area contributed by atoms with E-state index in [1.165, 1.54) is 5.01 Å². The van der Waals surface area contributed by atoms with Crippen molar-refractivity contribution < 1.29 is 9.53 Å². The van der Waals surface area contributed by atoms with E-state index in [0.29, 0.717) is 11.4 Å². The van der Waals surface area contributed by atoms with Crippen LogP contribution in [0.1, 0.15) is 5.56 Å². The highest BCUT2D eigenvalue weighted by atomic mass is 16.5. The summed E-state index contributed by atoms with van der Waals surface area (Å²) < 4.78 is 5.10. The van der Waals surface area contributed by atoms with Gasteiger partial charge >= 0.3 is 0 Å². The number of methoxy groups -OCH3 is 1. The molecule has 0 N–H and O–H groups in total. The van der Waals surface area contributed by atoms with Gasteiger partial charge in [-0.25, -0.2) is 5.01 Å². The predicted octanol–water partition coefficient (Wildman–Crippen LogP) is 3.02. The molecule has 2 aromatic carbocycles. The van der Waals surface area contributed by atoms with Crippen LogP contribution < -0.4 is 4.74 Å². The lowest BCUT2D eigenvalue weighted by atomic mass is 10.0. The van der Waals surface area contributed by atoms with Gasteiger partial charge in [-0.2, -0.15) is 15.3 Å². The molecule has 2 aromatic rings. The highest BCUT2D eigenvalue weighted by molar-refractivity contribution is 6.19. The van der Waals surface area contributed by atoms with Gasteiger partial charge in [0.25, 0.3) is 5.91 Å². The maximum Gasteiger partial charge on any atom is 0.275 e. The summed E-state index contributed by atoms with van der Waals surface area (Å²) in [5.41, 5.74) is 2.12. The summed E-state index contributed by atoms with van der Waals surface area (Å²) in [6, 6.07) is 16.0. The quantitative estimate of drug-likeness (QED) is 0.815. The smallest absolute Gasteiger partial charge is 0.275 e. The number of ether oxygens (including phenoxy) is 1. The maximum absolute atomic E-state index is 12.2. The zero-order valence-electron chi connectivity index (χ0n) is 12.9. The summed E-state index contributed by atoms with van der Waals surface area (Å²) in [4.78, 5) is 12.2. The molecule has 1 unspecified atom stereocenters. The normalized spacial score (nSPS) is 17.7. The van der Waals surface area contributed by atoms with Crippen LogP contribution >= 0.6 is 0 Å². The summed E-state index contributed by atoms with van der Waals surface area (Å²) in [5.74, 6) is 0.549. The van der Waals surface area contributed by atoms with Crippen LogP contribution in [0.25, 0.3) is 0 Å². The van der Waals surface area contributed by atoms with Gasteiger partial charge in [-0.1, -0.05) is 30.3 Å². The first kappa shape index (κ1) is 14.9. The molecule has 0 aliphatic carbocycles. The van der Waals surface area contributed by atoms with E-state index in [9.17, 15) is 4.79 Å². The van der Waals surface area contributed by atoms with Gasteiger partial charge in [0.05, 0.1) is 12.8 Å². The minimum Gasteiger partial charge on any atom is -0.497 e. The fraction of sp³-hybridized carbons (Fsp3) is 0.176. The molecular formula is C17H16N4O2. The zero-order valence-corrected chi connectivity index (χ0v) is 12.9. The molecule has 1 amide bonds. The van der Waals surface area contributed by atoms with Gasteiger partial charge in [-0.15, -0.1) is 0 Å². The molecule has 1 atom stereocenters. The lowest BCUT2D eigenvalue weighted by Gasteiger charge is -2.05. The fourth-order valence-electron chi connectivity index (χ4n) is 2.26. The van der Waals surface area contributed by atoms with Gasteiger partial charge in [-0.3, -0.25) is 4.79 Å². The van der Waals surface area contributed by atoms with E-state index in [1.54, 1.807) is 38.4 Å². The average Bonchev–Trinajstić information content (AvgIpc) is 2.89. The summed E-state index contributed by atoms with van der Waals surface area (Å²) in [6.07, 6.45) is 0. The molecule has 0 saturated heterocycles. The van der Waals surface area contributed by atoms with E-state index in [-0.39, 0.29) is 5.91 Å². The number of carbonyl (C=O) groups excluding carboxylic acids is 1. The molecule has 0 aromatic heterocycles. The van der Waals surface area contributed by atoms with Crippen LogP contribution in [0, 0.1) is 0 Å². The van der Waals surface area contributed by atoms with Crippen LogP contribution in [-0.4, -0.2) is 36.8 Å². The van der Waals surface area contributed by atoms with Gasteiger partial charge < -0.3 is 4.74 Å². The molecule has 6 nitrogen and oxygen atoms in total. The number of hydrogen-bond donors (Lipinski definition) is 0. The van der Waals surface area contributed by atoms with Gasteiger partial charge in [0.2, 0.25) is 0 Å². The van der Waals surface area contributed by atoms with E-state index in [2.05, 4.69) is 15.3 Å². The molecule has 1 aliphatic rings. The van der Waals surface area contributed by atoms with Crippen molar-refractivity contribution in [1.29, 1.82) is 0 Å². The van der Waals surface area contributed by atoms with Gasteiger partial charge in [0.1, 0.15) is 11.5 Å². The van der Waals surface area contributed by atoms with Crippen molar-refractivity contribution in [2.75, 3.05) is 14.2 Å². The molecule has 0 spiro atoms. The van der Waals surface area contributed by atoms with Crippen molar-refractivity contribution in [3.63, 3.8) is 0 Å². The van der Waals surface area contributed by atoms with Crippen LogP contribution in [0.5, 0.6) is 5.75 Å². The molecule has 1 heterocycles. The molecule has 116 valence electrons. The number of likely N-dealkylation sites (N-methyl/N-ethyl adjacent to an activating group) is 1. The molecule has 0 radical (unpaired) electrons. The van der Waals surface area contributed by atoms with Crippen molar-refractivity contribution in [1.82, 2.24) is 5.01 Å². The second-order valence-corrected chi connectivity index (χ2v) is 5.03. The molecule has 3 rings (SSSR count). The Morgan fingerprint density at radius 1 is 1.09 bits per heavy atom. The zero-order chi connectivity index (χ0) is 16.2.